The molecule has 0 unspecified atom stereocenters. The van der Waals surface area contributed by atoms with Gasteiger partial charge in [-0.25, -0.2) is 0 Å². The minimum absolute atomic E-state index is 0.0595. The molecule has 0 aliphatic heterocycles. The highest BCUT2D eigenvalue weighted by atomic mass is 19.4. The van der Waals surface area contributed by atoms with E-state index < -0.39 is 42.3 Å². The highest BCUT2D eigenvalue weighted by Gasteiger charge is 2.34. The monoisotopic (exact) mass is 295 g/mol. The van der Waals surface area contributed by atoms with Crippen LogP contribution in [0.3, 0.4) is 0 Å². The Morgan fingerprint density at radius 3 is 2.60 bits per heavy atom. The van der Waals surface area contributed by atoms with E-state index in [-0.39, 0.29) is 5.88 Å². The number of anilines is 1. The molecule has 0 radical (unpaired) electrons. The van der Waals surface area contributed by atoms with Gasteiger partial charge in [0.05, 0.1) is 18.6 Å². The summed E-state index contributed by atoms with van der Waals surface area (Å²) in [6.45, 7) is -2.51. The molecule has 1 heterocycles. The molecule has 7 nitrogen and oxygen atoms in total. The number of nitro groups is 1. The maximum absolute atomic E-state index is 12.5. The van der Waals surface area contributed by atoms with Crippen molar-refractivity contribution in [1.82, 2.24) is 4.98 Å². The maximum atomic E-state index is 12.5. The molecular weight excluding hydrogens is 283 g/mol. The van der Waals surface area contributed by atoms with Gasteiger partial charge in [-0.15, -0.1) is 0 Å². The number of alkyl halides is 3. The van der Waals surface area contributed by atoms with Gasteiger partial charge in [-0.3, -0.25) is 10.1 Å². The van der Waals surface area contributed by atoms with E-state index in [4.69, 9.17) is 9.84 Å². The van der Waals surface area contributed by atoms with Crippen LogP contribution in [0.5, 0.6) is 5.88 Å². The van der Waals surface area contributed by atoms with Crippen molar-refractivity contribution in [3.63, 3.8) is 0 Å². The molecule has 0 aromatic carbocycles. The van der Waals surface area contributed by atoms with Gasteiger partial charge in [-0.05, 0) is 0 Å². The van der Waals surface area contributed by atoms with Gasteiger partial charge in [-0.1, -0.05) is 0 Å². The van der Waals surface area contributed by atoms with Crippen molar-refractivity contribution in [2.24, 2.45) is 0 Å². The van der Waals surface area contributed by atoms with E-state index in [1.807, 2.05) is 0 Å². The number of aliphatic hydroxyl groups excluding tert-OH is 1. The van der Waals surface area contributed by atoms with Crippen molar-refractivity contribution in [3.8, 4) is 5.88 Å². The van der Waals surface area contributed by atoms with Crippen molar-refractivity contribution in [1.29, 1.82) is 0 Å². The van der Waals surface area contributed by atoms with Gasteiger partial charge in [-0.2, -0.15) is 18.2 Å². The minimum Gasteiger partial charge on any atom is -0.481 e. The first-order valence-electron chi connectivity index (χ1n) is 5.40. The molecule has 0 atom stereocenters. The molecule has 0 fully saturated rings. The summed E-state index contributed by atoms with van der Waals surface area (Å²) >= 11 is 0. The first-order valence-corrected chi connectivity index (χ1v) is 5.40. The molecule has 1 aromatic heterocycles. The molecule has 0 spiro atoms. The molecule has 1 N–H and O–H groups in total. The van der Waals surface area contributed by atoms with E-state index in [2.05, 4.69) is 4.98 Å². The Hall–Kier alpha value is -2.10. The van der Waals surface area contributed by atoms with Gasteiger partial charge in [0.25, 0.3) is 0 Å². The van der Waals surface area contributed by atoms with Crippen LogP contribution < -0.4 is 9.64 Å². The lowest BCUT2D eigenvalue weighted by Crippen LogP contribution is -2.37. The second-order valence-corrected chi connectivity index (χ2v) is 3.71. The predicted octanol–water partition coefficient (Wildman–Crippen LogP) is 1.36. The third kappa shape index (κ3) is 4.23. The number of pyridine rings is 1. The average molecular weight is 295 g/mol. The van der Waals surface area contributed by atoms with Crippen LogP contribution in [0, 0.1) is 10.1 Å². The lowest BCUT2D eigenvalue weighted by molar-refractivity contribution is -0.384. The molecule has 0 amide bonds. The van der Waals surface area contributed by atoms with Crippen molar-refractivity contribution >= 4 is 11.5 Å². The summed E-state index contributed by atoms with van der Waals surface area (Å²) < 4.78 is 42.2. The Balaban J connectivity index is 3.25. The lowest BCUT2D eigenvalue weighted by atomic mass is 10.3. The van der Waals surface area contributed by atoms with Crippen molar-refractivity contribution in [2.75, 3.05) is 31.7 Å². The summed E-state index contributed by atoms with van der Waals surface area (Å²) in [4.78, 5) is 14.3. The van der Waals surface area contributed by atoms with Crippen LogP contribution in [0.4, 0.5) is 24.7 Å². The molecule has 1 rings (SSSR count). The summed E-state index contributed by atoms with van der Waals surface area (Å²) in [6, 6.07) is 2.17. The Bertz CT molecular complexity index is 481. The van der Waals surface area contributed by atoms with E-state index in [1.165, 1.54) is 13.2 Å². The number of rotatable bonds is 6. The summed E-state index contributed by atoms with van der Waals surface area (Å²) in [5, 5.41) is 19.7. The third-order valence-electron chi connectivity index (χ3n) is 2.27. The number of aromatic nitrogens is 1. The lowest BCUT2D eigenvalue weighted by Gasteiger charge is -2.23. The molecule has 0 bridgehead atoms. The first-order chi connectivity index (χ1) is 9.28. The van der Waals surface area contributed by atoms with Gasteiger partial charge < -0.3 is 14.7 Å². The fraction of sp³-hybridized carbons (Fsp3) is 0.500. The highest BCUT2D eigenvalue weighted by Crippen LogP contribution is 2.30. The van der Waals surface area contributed by atoms with E-state index in [1.54, 1.807) is 0 Å². The molecule has 1 aromatic rings. The smallest absolute Gasteiger partial charge is 0.405 e. The molecule has 0 saturated heterocycles. The van der Waals surface area contributed by atoms with Gasteiger partial charge in [0.1, 0.15) is 6.54 Å². The van der Waals surface area contributed by atoms with Crippen LogP contribution in [-0.2, 0) is 0 Å². The molecule has 112 valence electrons. The zero-order chi connectivity index (χ0) is 15.3. The number of ether oxygens (including phenoxy) is 1. The van der Waals surface area contributed by atoms with Crippen LogP contribution in [0.2, 0.25) is 0 Å². The molecule has 0 aliphatic carbocycles. The number of hydrogen-bond donors (Lipinski definition) is 1. The molecular formula is C10H12F3N3O4. The van der Waals surface area contributed by atoms with Gasteiger partial charge in [0.2, 0.25) is 11.7 Å². The quantitative estimate of drug-likeness (QED) is 0.629. The zero-order valence-corrected chi connectivity index (χ0v) is 10.4. The van der Waals surface area contributed by atoms with Crippen LogP contribution >= 0.6 is 0 Å². The normalized spacial score (nSPS) is 11.2. The average Bonchev–Trinajstić information content (AvgIpc) is 2.35. The number of nitrogens with zero attached hydrogens (tertiary/aromatic N) is 3. The van der Waals surface area contributed by atoms with Gasteiger partial charge in [0, 0.05) is 18.7 Å². The van der Waals surface area contributed by atoms with E-state index in [0.29, 0.717) is 4.90 Å². The fourth-order valence-corrected chi connectivity index (χ4v) is 1.51. The second kappa shape index (κ2) is 6.37. The number of halogens is 3. The first kappa shape index (κ1) is 16.0. The van der Waals surface area contributed by atoms with Crippen molar-refractivity contribution in [3.05, 3.63) is 22.2 Å². The Morgan fingerprint density at radius 2 is 2.15 bits per heavy atom. The Morgan fingerprint density at radius 1 is 1.50 bits per heavy atom. The highest BCUT2D eigenvalue weighted by molar-refractivity contribution is 5.59. The van der Waals surface area contributed by atoms with E-state index >= 15 is 0 Å². The summed E-state index contributed by atoms with van der Waals surface area (Å²) in [7, 11) is 1.23. The standard InChI is InChI=1S/C10H12F3N3O4/c1-20-8-3-2-7(16(18)19)9(14-8)15(4-5-17)6-10(11,12)13/h2-3,17H,4-6H2,1H3. The zero-order valence-electron chi connectivity index (χ0n) is 10.4. The van der Waals surface area contributed by atoms with Gasteiger partial charge >= 0.3 is 11.9 Å². The van der Waals surface area contributed by atoms with Crippen LogP contribution in [0.15, 0.2) is 12.1 Å². The fourth-order valence-electron chi connectivity index (χ4n) is 1.51. The third-order valence-corrected chi connectivity index (χ3v) is 2.27. The maximum Gasteiger partial charge on any atom is 0.405 e. The van der Waals surface area contributed by atoms with Crippen molar-refractivity contribution in [2.45, 2.75) is 6.18 Å². The topological polar surface area (TPSA) is 88.7 Å². The van der Waals surface area contributed by atoms with Crippen LogP contribution in [0.25, 0.3) is 0 Å². The largest absolute Gasteiger partial charge is 0.481 e. The number of aliphatic hydroxyl groups is 1. The van der Waals surface area contributed by atoms with Crippen LogP contribution in [0.1, 0.15) is 0 Å². The summed E-state index contributed by atoms with van der Waals surface area (Å²) in [6.07, 6.45) is -4.59. The number of hydrogen-bond acceptors (Lipinski definition) is 6. The van der Waals surface area contributed by atoms with E-state index in [0.717, 1.165) is 6.07 Å². The summed E-state index contributed by atoms with van der Waals surface area (Å²) in [5.41, 5.74) is -0.594. The molecule has 0 aliphatic rings. The summed E-state index contributed by atoms with van der Waals surface area (Å²) in [5.74, 6) is -0.559. The molecule has 10 heteroatoms. The van der Waals surface area contributed by atoms with E-state index in [9.17, 15) is 23.3 Å². The second-order valence-electron chi connectivity index (χ2n) is 3.71. The Labute approximate surface area is 111 Å². The molecule has 0 saturated carbocycles. The molecule has 20 heavy (non-hydrogen) atoms. The van der Waals surface area contributed by atoms with Gasteiger partial charge in [0.15, 0.2) is 0 Å². The minimum atomic E-state index is -4.59. The SMILES string of the molecule is COc1ccc([N+](=O)[O-])c(N(CCO)CC(F)(F)F)n1. The Kier molecular flexibility index (Phi) is 5.08. The number of methoxy groups -OCH3 is 1. The predicted molar refractivity (Wildman–Crippen MR) is 62.8 cm³/mol. The van der Waals surface area contributed by atoms with Crippen molar-refractivity contribution < 1.29 is 27.9 Å². The van der Waals surface area contributed by atoms with Crippen LogP contribution in [-0.4, -0.2) is 48.0 Å².